The third kappa shape index (κ3) is 2.77. The Hall–Kier alpha value is -2.82. The van der Waals surface area contributed by atoms with Gasteiger partial charge in [0.1, 0.15) is 6.61 Å². The second-order valence-electron chi connectivity index (χ2n) is 5.64. The highest BCUT2D eigenvalue weighted by Crippen LogP contribution is 2.30. The Morgan fingerprint density at radius 1 is 1.00 bits per heavy atom. The molecule has 1 atom stereocenters. The van der Waals surface area contributed by atoms with E-state index in [4.69, 9.17) is 9.47 Å². The van der Waals surface area contributed by atoms with Crippen molar-refractivity contribution in [2.45, 2.75) is 18.9 Å². The molecule has 4 rings (SSSR count). The Morgan fingerprint density at radius 3 is 2.39 bits per heavy atom. The first-order chi connectivity index (χ1) is 11.3. The second-order valence-corrected chi connectivity index (χ2v) is 5.64. The van der Waals surface area contributed by atoms with Crippen LogP contribution in [0.2, 0.25) is 0 Å². The number of rotatable bonds is 2. The van der Waals surface area contributed by atoms with Crippen LogP contribution in [0.25, 0.3) is 0 Å². The van der Waals surface area contributed by atoms with Gasteiger partial charge in [0.25, 0.3) is 5.91 Å². The van der Waals surface area contributed by atoms with Crippen molar-refractivity contribution in [3.8, 4) is 11.5 Å². The van der Waals surface area contributed by atoms with Gasteiger partial charge in [-0.2, -0.15) is 5.10 Å². The highest BCUT2D eigenvalue weighted by Gasteiger charge is 2.27. The minimum Gasteiger partial charge on any atom is -0.485 e. The molecule has 0 spiro atoms. The number of fused-ring (bicyclic) bond motifs is 2. The van der Waals surface area contributed by atoms with Crippen LogP contribution in [0.5, 0.6) is 11.5 Å². The fourth-order valence-corrected chi connectivity index (χ4v) is 2.84. The Morgan fingerprint density at radius 2 is 1.65 bits per heavy atom. The van der Waals surface area contributed by atoms with Crippen molar-refractivity contribution < 1.29 is 14.3 Å². The van der Waals surface area contributed by atoms with Gasteiger partial charge in [-0.1, -0.05) is 36.4 Å². The summed E-state index contributed by atoms with van der Waals surface area (Å²) >= 11 is 0. The first-order valence-corrected chi connectivity index (χ1v) is 7.60. The van der Waals surface area contributed by atoms with Crippen molar-refractivity contribution >= 4 is 11.6 Å². The average Bonchev–Trinajstić information content (AvgIpc) is 3.02. The van der Waals surface area contributed by atoms with Crippen LogP contribution in [0.15, 0.2) is 53.6 Å². The van der Waals surface area contributed by atoms with Crippen molar-refractivity contribution in [3.63, 3.8) is 0 Å². The number of para-hydroxylation sites is 2. The summed E-state index contributed by atoms with van der Waals surface area (Å²) in [6, 6.07) is 15.5. The summed E-state index contributed by atoms with van der Waals surface area (Å²) in [6.45, 7) is 0.188. The molecule has 2 aromatic carbocycles. The fourth-order valence-electron chi connectivity index (χ4n) is 2.84. The number of nitrogens with one attached hydrogen (secondary N) is 1. The fraction of sp³-hybridized carbons (Fsp3) is 0.222. The van der Waals surface area contributed by atoms with E-state index in [9.17, 15) is 4.79 Å². The molecule has 5 heteroatoms. The molecule has 1 aliphatic carbocycles. The lowest BCUT2D eigenvalue weighted by Gasteiger charge is -2.24. The van der Waals surface area contributed by atoms with E-state index < -0.39 is 6.10 Å². The van der Waals surface area contributed by atoms with Gasteiger partial charge in [-0.25, -0.2) is 5.43 Å². The second kappa shape index (κ2) is 5.76. The maximum Gasteiger partial charge on any atom is 0.284 e. The predicted octanol–water partition coefficient (Wildman–Crippen LogP) is 2.10. The highest BCUT2D eigenvalue weighted by molar-refractivity contribution is 5.94. The molecular formula is C18H16N2O3. The molecule has 1 aliphatic heterocycles. The molecular weight excluding hydrogens is 292 g/mol. The van der Waals surface area contributed by atoms with E-state index in [-0.39, 0.29) is 12.5 Å². The molecule has 0 saturated carbocycles. The first-order valence-electron chi connectivity index (χ1n) is 7.60. The summed E-state index contributed by atoms with van der Waals surface area (Å²) in [5.41, 5.74) is 6.10. The Labute approximate surface area is 133 Å². The number of nitrogens with zero attached hydrogens (tertiary/aromatic N) is 1. The zero-order valence-corrected chi connectivity index (χ0v) is 12.5. The van der Waals surface area contributed by atoms with Gasteiger partial charge in [0.2, 0.25) is 6.10 Å². The molecule has 0 unspecified atom stereocenters. The molecule has 5 nitrogen and oxygen atoms in total. The summed E-state index contributed by atoms with van der Waals surface area (Å²) in [7, 11) is 0. The molecule has 0 saturated heterocycles. The third-order valence-corrected chi connectivity index (χ3v) is 4.03. The van der Waals surface area contributed by atoms with Crippen LogP contribution in [0.1, 0.15) is 11.1 Å². The van der Waals surface area contributed by atoms with E-state index in [0.29, 0.717) is 11.5 Å². The molecule has 1 amide bonds. The summed E-state index contributed by atoms with van der Waals surface area (Å²) in [6.07, 6.45) is 0.876. The minimum absolute atomic E-state index is 0.188. The van der Waals surface area contributed by atoms with Gasteiger partial charge < -0.3 is 9.47 Å². The number of hydrogen-bond donors (Lipinski definition) is 1. The van der Waals surface area contributed by atoms with Crippen molar-refractivity contribution in [3.05, 3.63) is 59.7 Å². The number of carbonyl (C=O) groups excluding carboxylic acids is 1. The van der Waals surface area contributed by atoms with Crippen LogP contribution in [0.3, 0.4) is 0 Å². The standard InChI is InChI=1S/C18H16N2O3/c21-18(17-11-22-15-7-3-4-8-16(15)23-17)20-19-14-9-12-5-1-2-6-13(12)10-14/h1-8,17H,9-11H2,(H,20,21)/t17-/m1/s1. The molecule has 1 N–H and O–H groups in total. The smallest absolute Gasteiger partial charge is 0.284 e. The SMILES string of the molecule is O=C(NN=C1Cc2ccccc2C1)[C@H]1COc2ccccc2O1. The molecule has 116 valence electrons. The summed E-state index contributed by atoms with van der Waals surface area (Å²) in [5, 5.41) is 4.25. The zero-order chi connectivity index (χ0) is 15.6. The monoisotopic (exact) mass is 308 g/mol. The molecule has 1 heterocycles. The Balaban J connectivity index is 1.39. The normalized spacial score (nSPS) is 18.3. The third-order valence-electron chi connectivity index (χ3n) is 4.03. The van der Waals surface area contributed by atoms with E-state index in [0.717, 1.165) is 18.6 Å². The van der Waals surface area contributed by atoms with Gasteiger partial charge in [-0.15, -0.1) is 0 Å². The lowest BCUT2D eigenvalue weighted by molar-refractivity contribution is -0.130. The lowest BCUT2D eigenvalue weighted by Crippen LogP contribution is -2.42. The van der Waals surface area contributed by atoms with E-state index in [1.54, 1.807) is 6.07 Å². The Bertz CT molecular complexity index is 758. The first kappa shape index (κ1) is 13.8. The summed E-state index contributed by atoms with van der Waals surface area (Å²) in [5.74, 6) is 0.955. The van der Waals surface area contributed by atoms with Crippen LogP contribution in [-0.2, 0) is 17.6 Å². The van der Waals surface area contributed by atoms with Crippen molar-refractivity contribution in [2.24, 2.45) is 5.10 Å². The van der Waals surface area contributed by atoms with E-state index in [1.807, 2.05) is 30.3 Å². The van der Waals surface area contributed by atoms with Crippen molar-refractivity contribution in [1.29, 1.82) is 0 Å². The molecule has 0 fully saturated rings. The van der Waals surface area contributed by atoms with Gasteiger partial charge >= 0.3 is 0 Å². The lowest BCUT2D eigenvalue weighted by atomic mass is 10.1. The van der Waals surface area contributed by atoms with Crippen molar-refractivity contribution in [2.75, 3.05) is 6.61 Å². The molecule has 23 heavy (non-hydrogen) atoms. The Kier molecular flexibility index (Phi) is 3.46. The predicted molar refractivity (Wildman–Crippen MR) is 85.8 cm³/mol. The molecule has 2 aromatic rings. The summed E-state index contributed by atoms with van der Waals surface area (Å²) < 4.78 is 11.2. The number of hydrogen-bond acceptors (Lipinski definition) is 4. The quantitative estimate of drug-likeness (QED) is 0.864. The molecule has 0 radical (unpaired) electrons. The highest BCUT2D eigenvalue weighted by atomic mass is 16.6. The van der Waals surface area contributed by atoms with E-state index in [2.05, 4.69) is 22.7 Å². The molecule has 0 bridgehead atoms. The maximum absolute atomic E-state index is 12.2. The average molecular weight is 308 g/mol. The van der Waals surface area contributed by atoms with Crippen LogP contribution in [-0.4, -0.2) is 24.3 Å². The van der Waals surface area contributed by atoms with Gasteiger partial charge in [0.05, 0.1) is 0 Å². The number of benzene rings is 2. The van der Waals surface area contributed by atoms with Crippen molar-refractivity contribution in [1.82, 2.24) is 5.43 Å². The zero-order valence-electron chi connectivity index (χ0n) is 12.5. The van der Waals surface area contributed by atoms with E-state index in [1.165, 1.54) is 11.1 Å². The molecule has 0 aromatic heterocycles. The van der Waals surface area contributed by atoms with Gasteiger partial charge in [-0.3, -0.25) is 4.79 Å². The van der Waals surface area contributed by atoms with E-state index >= 15 is 0 Å². The maximum atomic E-state index is 12.2. The van der Waals surface area contributed by atoms with Gasteiger partial charge in [0, 0.05) is 18.6 Å². The van der Waals surface area contributed by atoms with Gasteiger partial charge in [0.15, 0.2) is 11.5 Å². The minimum atomic E-state index is -0.682. The number of amides is 1. The number of ether oxygens (including phenoxy) is 2. The van der Waals surface area contributed by atoms with Crippen LogP contribution < -0.4 is 14.9 Å². The van der Waals surface area contributed by atoms with Crippen LogP contribution in [0.4, 0.5) is 0 Å². The number of carbonyl (C=O) groups is 1. The topological polar surface area (TPSA) is 59.9 Å². The number of hydrazone groups is 1. The van der Waals surface area contributed by atoms with Crippen LogP contribution in [0, 0.1) is 0 Å². The molecule has 2 aliphatic rings. The van der Waals surface area contributed by atoms with Crippen LogP contribution >= 0.6 is 0 Å². The van der Waals surface area contributed by atoms with Gasteiger partial charge in [-0.05, 0) is 23.3 Å². The largest absolute Gasteiger partial charge is 0.485 e. The summed E-state index contributed by atoms with van der Waals surface area (Å²) in [4.78, 5) is 12.2.